The van der Waals surface area contributed by atoms with Gasteiger partial charge in [-0.25, -0.2) is 4.99 Å². The number of anilines is 1. The normalized spacial score (nSPS) is 13.1. The SMILES string of the molecule is Cc1nn(C)c(C)c1CN=C(NC(=O)c1cccc(Cl)c1)Nc1ccc2c(c1)OCCO2. The van der Waals surface area contributed by atoms with Crippen LogP contribution >= 0.6 is 11.6 Å². The summed E-state index contributed by atoms with van der Waals surface area (Å²) < 4.78 is 13.0. The first-order chi connectivity index (χ1) is 15.4. The fourth-order valence-corrected chi connectivity index (χ4v) is 3.57. The monoisotopic (exact) mass is 453 g/mol. The van der Waals surface area contributed by atoms with E-state index in [4.69, 9.17) is 21.1 Å². The average molecular weight is 454 g/mol. The van der Waals surface area contributed by atoms with E-state index in [0.717, 1.165) is 17.0 Å². The second-order valence-corrected chi connectivity index (χ2v) is 7.82. The summed E-state index contributed by atoms with van der Waals surface area (Å²) in [5.41, 5.74) is 4.06. The zero-order valence-corrected chi connectivity index (χ0v) is 18.9. The van der Waals surface area contributed by atoms with Crippen LogP contribution in [-0.2, 0) is 13.6 Å². The van der Waals surface area contributed by atoms with E-state index in [9.17, 15) is 4.79 Å². The summed E-state index contributed by atoms with van der Waals surface area (Å²) in [7, 11) is 1.89. The van der Waals surface area contributed by atoms with E-state index in [-0.39, 0.29) is 5.91 Å². The third kappa shape index (κ3) is 4.86. The maximum Gasteiger partial charge on any atom is 0.258 e. The molecule has 8 nitrogen and oxygen atoms in total. The van der Waals surface area contributed by atoms with E-state index in [1.54, 1.807) is 24.3 Å². The quantitative estimate of drug-likeness (QED) is 0.462. The summed E-state index contributed by atoms with van der Waals surface area (Å²) in [4.78, 5) is 17.5. The zero-order chi connectivity index (χ0) is 22.7. The first-order valence-electron chi connectivity index (χ1n) is 10.2. The first kappa shape index (κ1) is 21.7. The molecule has 32 heavy (non-hydrogen) atoms. The van der Waals surface area contributed by atoms with Crippen molar-refractivity contribution in [2.24, 2.45) is 12.0 Å². The molecule has 3 aromatic rings. The number of aryl methyl sites for hydroxylation is 2. The Labute approximate surface area is 191 Å². The van der Waals surface area contributed by atoms with E-state index in [0.29, 0.717) is 53.5 Å². The van der Waals surface area contributed by atoms with Crippen LogP contribution < -0.4 is 20.1 Å². The molecule has 4 rings (SSSR count). The van der Waals surface area contributed by atoms with Gasteiger partial charge < -0.3 is 14.8 Å². The molecule has 1 aromatic heterocycles. The molecule has 0 spiro atoms. The molecular formula is C23H24ClN5O3. The van der Waals surface area contributed by atoms with Crippen molar-refractivity contribution in [3.63, 3.8) is 0 Å². The third-order valence-electron chi connectivity index (χ3n) is 5.18. The minimum Gasteiger partial charge on any atom is -0.486 e. The number of hydrogen-bond acceptors (Lipinski definition) is 5. The number of rotatable bonds is 4. The summed E-state index contributed by atoms with van der Waals surface area (Å²) in [5, 5.41) is 10.9. The molecule has 0 atom stereocenters. The first-order valence-corrected chi connectivity index (χ1v) is 10.6. The highest BCUT2D eigenvalue weighted by atomic mass is 35.5. The number of aliphatic imine (C=N–C) groups is 1. The minimum atomic E-state index is -0.323. The van der Waals surface area contributed by atoms with Crippen LogP contribution in [0.25, 0.3) is 0 Å². The lowest BCUT2D eigenvalue weighted by Gasteiger charge is -2.19. The maximum atomic E-state index is 12.8. The van der Waals surface area contributed by atoms with Gasteiger partial charge in [0, 0.05) is 40.6 Å². The zero-order valence-electron chi connectivity index (χ0n) is 18.1. The van der Waals surface area contributed by atoms with Gasteiger partial charge in [-0.1, -0.05) is 17.7 Å². The third-order valence-corrected chi connectivity index (χ3v) is 5.41. The van der Waals surface area contributed by atoms with Gasteiger partial charge in [0.15, 0.2) is 11.5 Å². The number of nitrogens with zero attached hydrogens (tertiary/aromatic N) is 3. The molecule has 0 saturated heterocycles. The number of nitrogens with one attached hydrogen (secondary N) is 2. The van der Waals surface area contributed by atoms with E-state index in [1.165, 1.54) is 0 Å². The van der Waals surface area contributed by atoms with Crippen molar-refractivity contribution in [3.05, 3.63) is 70.0 Å². The van der Waals surface area contributed by atoms with Gasteiger partial charge in [0.25, 0.3) is 5.91 Å². The number of hydrogen-bond donors (Lipinski definition) is 2. The fraction of sp³-hybridized carbons (Fsp3) is 0.261. The molecule has 1 amide bonds. The Morgan fingerprint density at radius 2 is 1.94 bits per heavy atom. The van der Waals surface area contributed by atoms with E-state index >= 15 is 0 Å². The van der Waals surface area contributed by atoms with Gasteiger partial charge in [0.1, 0.15) is 13.2 Å². The van der Waals surface area contributed by atoms with Crippen LogP contribution in [0.3, 0.4) is 0 Å². The number of carbonyl (C=O) groups excluding carboxylic acids is 1. The lowest BCUT2D eigenvalue weighted by Crippen LogP contribution is -2.36. The van der Waals surface area contributed by atoms with E-state index in [2.05, 4.69) is 20.7 Å². The summed E-state index contributed by atoms with van der Waals surface area (Å²) in [6, 6.07) is 12.2. The fourth-order valence-electron chi connectivity index (χ4n) is 3.38. The minimum absolute atomic E-state index is 0.300. The van der Waals surface area contributed by atoms with Crippen molar-refractivity contribution in [1.82, 2.24) is 15.1 Å². The van der Waals surface area contributed by atoms with Crippen LogP contribution in [0.15, 0.2) is 47.5 Å². The molecule has 2 N–H and O–H groups in total. The maximum absolute atomic E-state index is 12.8. The van der Waals surface area contributed by atoms with Crippen molar-refractivity contribution >= 4 is 29.2 Å². The topological polar surface area (TPSA) is 89.8 Å². The second-order valence-electron chi connectivity index (χ2n) is 7.39. The van der Waals surface area contributed by atoms with Crippen molar-refractivity contribution in [3.8, 4) is 11.5 Å². The molecule has 0 bridgehead atoms. The lowest BCUT2D eigenvalue weighted by atomic mass is 10.2. The molecular weight excluding hydrogens is 430 g/mol. The predicted octanol–water partition coefficient (Wildman–Crippen LogP) is 3.86. The smallest absolute Gasteiger partial charge is 0.258 e. The number of amides is 1. The molecule has 0 fully saturated rings. The molecule has 1 aliphatic heterocycles. The van der Waals surface area contributed by atoms with E-state index < -0.39 is 0 Å². The van der Waals surface area contributed by atoms with Gasteiger partial charge in [0.2, 0.25) is 5.96 Å². The van der Waals surface area contributed by atoms with Crippen LogP contribution in [0.2, 0.25) is 5.02 Å². The molecule has 2 heterocycles. The standard InChI is InChI=1S/C23H24ClN5O3/c1-14-19(15(2)29(3)28-14)13-25-23(27-22(30)16-5-4-6-17(24)11-16)26-18-7-8-20-21(12-18)32-10-9-31-20/h4-8,11-12H,9-10,13H2,1-3H3,(H2,25,26,27,30). The average Bonchev–Trinajstić information content (AvgIpc) is 3.02. The van der Waals surface area contributed by atoms with Crippen molar-refractivity contribution < 1.29 is 14.3 Å². The highest BCUT2D eigenvalue weighted by Crippen LogP contribution is 2.32. The van der Waals surface area contributed by atoms with Crippen LogP contribution in [0.1, 0.15) is 27.3 Å². The highest BCUT2D eigenvalue weighted by molar-refractivity contribution is 6.31. The summed E-state index contributed by atoms with van der Waals surface area (Å²) in [6.45, 7) is 5.29. The summed E-state index contributed by atoms with van der Waals surface area (Å²) in [5.74, 6) is 1.30. The lowest BCUT2D eigenvalue weighted by molar-refractivity contribution is 0.0977. The summed E-state index contributed by atoms with van der Waals surface area (Å²) >= 11 is 6.04. The van der Waals surface area contributed by atoms with Crippen molar-refractivity contribution in [2.45, 2.75) is 20.4 Å². The molecule has 0 aliphatic carbocycles. The van der Waals surface area contributed by atoms with Gasteiger partial charge in [-0.15, -0.1) is 0 Å². The highest BCUT2D eigenvalue weighted by Gasteiger charge is 2.15. The Morgan fingerprint density at radius 3 is 2.66 bits per heavy atom. The van der Waals surface area contributed by atoms with Crippen LogP contribution in [0.4, 0.5) is 5.69 Å². The van der Waals surface area contributed by atoms with Crippen LogP contribution in [0, 0.1) is 13.8 Å². The van der Waals surface area contributed by atoms with E-state index in [1.807, 2.05) is 43.8 Å². The molecule has 9 heteroatoms. The Kier molecular flexibility index (Phi) is 6.32. The second kappa shape index (κ2) is 9.32. The largest absolute Gasteiger partial charge is 0.486 e. The number of guanidine groups is 1. The van der Waals surface area contributed by atoms with Crippen LogP contribution in [0.5, 0.6) is 11.5 Å². The number of benzene rings is 2. The number of aromatic nitrogens is 2. The molecule has 166 valence electrons. The molecule has 0 unspecified atom stereocenters. The molecule has 1 aliphatic rings. The Balaban J connectivity index is 1.60. The number of halogens is 1. The van der Waals surface area contributed by atoms with Gasteiger partial charge in [0.05, 0.1) is 12.2 Å². The summed E-state index contributed by atoms with van der Waals surface area (Å²) in [6.07, 6.45) is 0. The van der Waals surface area contributed by atoms with Crippen molar-refractivity contribution in [2.75, 3.05) is 18.5 Å². The molecule has 0 radical (unpaired) electrons. The van der Waals surface area contributed by atoms with Gasteiger partial charge in [-0.2, -0.15) is 5.10 Å². The Hall–Kier alpha value is -3.52. The molecule has 0 saturated carbocycles. The predicted molar refractivity (Wildman–Crippen MR) is 124 cm³/mol. The Bertz CT molecular complexity index is 1190. The van der Waals surface area contributed by atoms with Gasteiger partial charge in [-0.3, -0.25) is 14.8 Å². The Morgan fingerprint density at radius 1 is 1.16 bits per heavy atom. The van der Waals surface area contributed by atoms with Crippen LogP contribution in [-0.4, -0.2) is 34.9 Å². The number of fused-ring (bicyclic) bond motifs is 1. The number of ether oxygens (including phenoxy) is 2. The van der Waals surface area contributed by atoms with Gasteiger partial charge >= 0.3 is 0 Å². The van der Waals surface area contributed by atoms with Gasteiger partial charge in [-0.05, 0) is 44.2 Å². The van der Waals surface area contributed by atoms with Crippen molar-refractivity contribution in [1.29, 1.82) is 0 Å². The molecule has 2 aromatic carbocycles. The number of carbonyl (C=O) groups is 1.